The molecule has 0 amide bonds. The summed E-state index contributed by atoms with van der Waals surface area (Å²) in [4.78, 5) is 2.43. The molecule has 2 aromatic rings. The van der Waals surface area contributed by atoms with E-state index in [1.165, 1.54) is 22.4 Å². The van der Waals surface area contributed by atoms with Crippen LogP contribution in [0.3, 0.4) is 0 Å². The predicted molar refractivity (Wildman–Crippen MR) is 83.2 cm³/mol. The summed E-state index contributed by atoms with van der Waals surface area (Å²) in [5.74, 6) is 0. The Labute approximate surface area is 122 Å². The van der Waals surface area contributed by atoms with Gasteiger partial charge < -0.3 is 10.6 Å². The third kappa shape index (κ3) is 2.53. The Bertz CT molecular complexity index is 570. The predicted octanol–water partition coefficient (Wildman–Crippen LogP) is 3.47. The van der Waals surface area contributed by atoms with E-state index >= 15 is 0 Å². The molecule has 0 aliphatic carbocycles. The van der Waals surface area contributed by atoms with Crippen LogP contribution < -0.4 is 10.6 Å². The van der Waals surface area contributed by atoms with Gasteiger partial charge in [0.1, 0.15) is 0 Å². The first-order valence-corrected chi connectivity index (χ1v) is 7.37. The molecule has 0 unspecified atom stereocenters. The van der Waals surface area contributed by atoms with Crippen molar-refractivity contribution >= 4 is 21.6 Å². The SMILES string of the molecule is NCCc1cc(Br)ccc1N1Cc2ccccc2C1. The van der Waals surface area contributed by atoms with Crippen LogP contribution in [0.2, 0.25) is 0 Å². The highest BCUT2D eigenvalue weighted by Crippen LogP contribution is 2.32. The van der Waals surface area contributed by atoms with Crippen molar-refractivity contribution in [2.24, 2.45) is 5.73 Å². The molecule has 19 heavy (non-hydrogen) atoms. The molecule has 1 heterocycles. The average Bonchev–Trinajstić information content (AvgIpc) is 2.82. The fourth-order valence-corrected chi connectivity index (χ4v) is 3.13. The van der Waals surface area contributed by atoms with Gasteiger partial charge in [-0.1, -0.05) is 40.2 Å². The zero-order valence-corrected chi connectivity index (χ0v) is 12.4. The molecule has 2 nitrogen and oxygen atoms in total. The molecular formula is C16H17BrN2. The molecule has 2 aromatic carbocycles. The van der Waals surface area contributed by atoms with Crippen molar-refractivity contribution in [2.75, 3.05) is 11.4 Å². The Balaban J connectivity index is 1.92. The molecular weight excluding hydrogens is 300 g/mol. The number of anilines is 1. The summed E-state index contributed by atoms with van der Waals surface area (Å²) in [5.41, 5.74) is 11.2. The summed E-state index contributed by atoms with van der Waals surface area (Å²) < 4.78 is 1.12. The van der Waals surface area contributed by atoms with Crippen LogP contribution >= 0.6 is 15.9 Å². The molecule has 0 bridgehead atoms. The van der Waals surface area contributed by atoms with Crippen molar-refractivity contribution in [3.63, 3.8) is 0 Å². The highest BCUT2D eigenvalue weighted by atomic mass is 79.9. The summed E-state index contributed by atoms with van der Waals surface area (Å²) in [6, 6.07) is 15.2. The highest BCUT2D eigenvalue weighted by molar-refractivity contribution is 9.10. The van der Waals surface area contributed by atoms with Gasteiger partial charge in [-0.15, -0.1) is 0 Å². The maximum atomic E-state index is 5.73. The molecule has 0 atom stereocenters. The Hall–Kier alpha value is -1.32. The first-order valence-electron chi connectivity index (χ1n) is 6.58. The number of hydrogen-bond acceptors (Lipinski definition) is 2. The van der Waals surface area contributed by atoms with E-state index in [-0.39, 0.29) is 0 Å². The summed E-state index contributed by atoms with van der Waals surface area (Å²) in [5, 5.41) is 0. The first kappa shape index (κ1) is 12.7. The lowest BCUT2D eigenvalue weighted by atomic mass is 10.1. The highest BCUT2D eigenvalue weighted by Gasteiger charge is 2.20. The van der Waals surface area contributed by atoms with Crippen molar-refractivity contribution in [1.82, 2.24) is 0 Å². The Morgan fingerprint density at radius 3 is 2.37 bits per heavy atom. The summed E-state index contributed by atoms with van der Waals surface area (Å²) in [6.07, 6.45) is 0.918. The van der Waals surface area contributed by atoms with E-state index < -0.39 is 0 Å². The molecule has 1 aliphatic heterocycles. The van der Waals surface area contributed by atoms with Crippen LogP contribution in [0.25, 0.3) is 0 Å². The molecule has 98 valence electrons. The largest absolute Gasteiger partial charge is 0.363 e. The van der Waals surface area contributed by atoms with Crippen LogP contribution in [0.4, 0.5) is 5.69 Å². The molecule has 0 radical (unpaired) electrons. The summed E-state index contributed by atoms with van der Waals surface area (Å²) in [6.45, 7) is 2.68. The third-order valence-corrected chi connectivity index (χ3v) is 4.13. The van der Waals surface area contributed by atoms with Gasteiger partial charge in [-0.2, -0.15) is 0 Å². The second kappa shape index (κ2) is 5.35. The van der Waals surface area contributed by atoms with Crippen LogP contribution in [-0.4, -0.2) is 6.54 Å². The lowest BCUT2D eigenvalue weighted by Crippen LogP contribution is -2.17. The topological polar surface area (TPSA) is 29.3 Å². The molecule has 2 N–H and O–H groups in total. The molecule has 0 saturated carbocycles. The van der Waals surface area contributed by atoms with Gasteiger partial charge in [0.2, 0.25) is 0 Å². The van der Waals surface area contributed by atoms with Crippen molar-refractivity contribution < 1.29 is 0 Å². The third-order valence-electron chi connectivity index (χ3n) is 3.64. The van der Waals surface area contributed by atoms with Gasteiger partial charge in [-0.3, -0.25) is 0 Å². The number of halogens is 1. The van der Waals surface area contributed by atoms with Gasteiger partial charge >= 0.3 is 0 Å². The van der Waals surface area contributed by atoms with Crippen LogP contribution in [0.15, 0.2) is 46.9 Å². The van der Waals surface area contributed by atoms with Gasteiger partial charge in [0.15, 0.2) is 0 Å². The van der Waals surface area contributed by atoms with Gasteiger partial charge in [0.05, 0.1) is 0 Å². The quantitative estimate of drug-likeness (QED) is 0.939. The molecule has 3 rings (SSSR count). The zero-order chi connectivity index (χ0) is 13.2. The van der Waals surface area contributed by atoms with Crippen molar-refractivity contribution in [3.05, 3.63) is 63.6 Å². The van der Waals surface area contributed by atoms with Gasteiger partial charge in [-0.25, -0.2) is 0 Å². The number of nitrogens with zero attached hydrogens (tertiary/aromatic N) is 1. The van der Waals surface area contributed by atoms with Crippen molar-refractivity contribution in [2.45, 2.75) is 19.5 Å². The van der Waals surface area contributed by atoms with E-state index in [1.54, 1.807) is 0 Å². The maximum Gasteiger partial charge on any atom is 0.0436 e. The van der Waals surface area contributed by atoms with Crippen molar-refractivity contribution in [1.29, 1.82) is 0 Å². The van der Waals surface area contributed by atoms with Gasteiger partial charge in [0.25, 0.3) is 0 Å². The maximum absolute atomic E-state index is 5.73. The van der Waals surface area contributed by atoms with Crippen LogP contribution in [-0.2, 0) is 19.5 Å². The minimum absolute atomic E-state index is 0.685. The normalized spacial score (nSPS) is 13.7. The van der Waals surface area contributed by atoms with E-state index in [1.807, 2.05) is 0 Å². The molecule has 0 saturated heterocycles. The Kier molecular flexibility index (Phi) is 3.58. The number of nitrogens with two attached hydrogens (primary N) is 1. The molecule has 0 aromatic heterocycles. The second-order valence-corrected chi connectivity index (χ2v) is 5.85. The number of rotatable bonds is 3. The summed E-state index contributed by atoms with van der Waals surface area (Å²) in [7, 11) is 0. The lowest BCUT2D eigenvalue weighted by molar-refractivity contribution is 0.858. The molecule has 3 heteroatoms. The van der Waals surface area contributed by atoms with Crippen molar-refractivity contribution in [3.8, 4) is 0 Å². The van der Waals surface area contributed by atoms with Gasteiger partial charge in [-0.05, 0) is 47.9 Å². The monoisotopic (exact) mass is 316 g/mol. The zero-order valence-electron chi connectivity index (χ0n) is 10.8. The molecule has 0 spiro atoms. The minimum atomic E-state index is 0.685. The van der Waals surface area contributed by atoms with Crippen LogP contribution in [0.5, 0.6) is 0 Å². The standard InChI is InChI=1S/C16H17BrN2/c17-15-5-6-16(12(9-15)7-8-18)19-10-13-3-1-2-4-14(13)11-19/h1-6,9H,7-8,10-11,18H2. The minimum Gasteiger partial charge on any atom is -0.363 e. The Morgan fingerprint density at radius 1 is 1.05 bits per heavy atom. The Morgan fingerprint density at radius 2 is 1.74 bits per heavy atom. The number of hydrogen-bond donors (Lipinski definition) is 1. The van der Waals surface area contributed by atoms with E-state index in [0.29, 0.717) is 6.54 Å². The number of fused-ring (bicyclic) bond motifs is 1. The number of benzene rings is 2. The molecule has 1 aliphatic rings. The van der Waals surface area contributed by atoms with Crippen LogP contribution in [0, 0.1) is 0 Å². The summed E-state index contributed by atoms with van der Waals surface area (Å²) >= 11 is 3.54. The fraction of sp³-hybridized carbons (Fsp3) is 0.250. The first-order chi connectivity index (χ1) is 9.28. The van der Waals surface area contributed by atoms with Crippen LogP contribution in [0.1, 0.15) is 16.7 Å². The van der Waals surface area contributed by atoms with E-state index in [2.05, 4.69) is 63.3 Å². The van der Waals surface area contributed by atoms with E-state index in [4.69, 9.17) is 5.73 Å². The molecule has 0 fully saturated rings. The van der Waals surface area contributed by atoms with E-state index in [9.17, 15) is 0 Å². The second-order valence-electron chi connectivity index (χ2n) is 4.94. The average molecular weight is 317 g/mol. The van der Waals surface area contributed by atoms with Gasteiger partial charge in [0, 0.05) is 23.2 Å². The smallest absolute Gasteiger partial charge is 0.0436 e. The van der Waals surface area contributed by atoms with E-state index in [0.717, 1.165) is 24.0 Å². The fourth-order valence-electron chi connectivity index (χ4n) is 2.72. The lowest BCUT2D eigenvalue weighted by Gasteiger charge is -2.21.